The molecule has 0 aromatic carbocycles. The maximum atomic E-state index is 13.2. The number of halogens is 2. The highest BCUT2D eigenvalue weighted by Crippen LogP contribution is 2.50. The van der Waals surface area contributed by atoms with E-state index in [2.05, 4.69) is 10.1 Å². The highest BCUT2D eigenvalue weighted by atomic mass is 19.3. The summed E-state index contributed by atoms with van der Waals surface area (Å²) in [6, 6.07) is 3.61. The number of hydrogen-bond donors (Lipinski definition) is 0. The lowest BCUT2D eigenvalue weighted by atomic mass is 10.3. The normalized spacial score (nSPS) is 19.0. The van der Waals surface area contributed by atoms with Gasteiger partial charge in [0.25, 0.3) is 5.92 Å². The van der Waals surface area contributed by atoms with Gasteiger partial charge in [-0.2, -0.15) is 5.10 Å². The van der Waals surface area contributed by atoms with E-state index in [1.807, 2.05) is 6.07 Å². The van der Waals surface area contributed by atoms with Crippen LogP contribution in [-0.2, 0) is 4.79 Å². The molecule has 5 nitrogen and oxygen atoms in total. The number of carbonyl (C=O) groups excluding carboxylic acids is 1. The third-order valence-electron chi connectivity index (χ3n) is 3.78. The van der Waals surface area contributed by atoms with Gasteiger partial charge in [-0.1, -0.05) is 0 Å². The fourth-order valence-electron chi connectivity index (χ4n) is 2.45. The first-order valence-electron chi connectivity index (χ1n) is 7.10. The van der Waals surface area contributed by atoms with Gasteiger partial charge in [0.15, 0.2) is 0 Å². The lowest BCUT2D eigenvalue weighted by molar-refractivity contribution is -0.121. The average molecular weight is 306 g/mol. The highest BCUT2D eigenvalue weighted by molar-refractivity contribution is 5.97. The maximum absolute atomic E-state index is 13.2. The number of nitrogens with zero attached hydrogens (tertiary/aromatic N) is 4. The van der Waals surface area contributed by atoms with Crippen LogP contribution in [0.5, 0.6) is 0 Å². The molecule has 2 heterocycles. The molecule has 1 aliphatic carbocycles. The molecule has 7 heteroatoms. The summed E-state index contributed by atoms with van der Waals surface area (Å²) in [6.07, 6.45) is 4.60. The Bertz CT molecular complexity index is 699. The van der Waals surface area contributed by atoms with E-state index in [1.165, 1.54) is 4.90 Å². The topological polar surface area (TPSA) is 51.0 Å². The Kier molecular flexibility index (Phi) is 3.42. The summed E-state index contributed by atoms with van der Waals surface area (Å²) >= 11 is 0. The summed E-state index contributed by atoms with van der Waals surface area (Å²) in [6.45, 7) is 3.84. The van der Waals surface area contributed by atoms with Gasteiger partial charge < -0.3 is 4.90 Å². The Balaban J connectivity index is 1.90. The summed E-state index contributed by atoms with van der Waals surface area (Å²) in [5.74, 6) is -4.60. The van der Waals surface area contributed by atoms with Gasteiger partial charge in [0.05, 0.1) is 29.5 Å². The lowest BCUT2D eigenvalue weighted by Crippen LogP contribution is -2.33. The molecule has 0 saturated heterocycles. The molecule has 1 fully saturated rings. The van der Waals surface area contributed by atoms with Crippen molar-refractivity contribution in [1.82, 2.24) is 14.8 Å². The standard InChI is InChI=1S/C15H16F2N4O/c1-3-20(14(22)12-7-15(12,16)17)13-9-21(19-10(13)2)11-5-4-6-18-8-11/h4-6,8-9,12H,3,7H2,1-2H3. The van der Waals surface area contributed by atoms with Gasteiger partial charge in [0.2, 0.25) is 5.91 Å². The van der Waals surface area contributed by atoms with Crippen molar-refractivity contribution in [2.45, 2.75) is 26.2 Å². The van der Waals surface area contributed by atoms with Gasteiger partial charge in [0.1, 0.15) is 5.92 Å². The quantitative estimate of drug-likeness (QED) is 0.872. The number of anilines is 1. The van der Waals surface area contributed by atoms with Crippen LogP contribution in [0, 0.1) is 12.8 Å². The van der Waals surface area contributed by atoms with Gasteiger partial charge >= 0.3 is 0 Å². The number of alkyl halides is 2. The van der Waals surface area contributed by atoms with Crippen molar-refractivity contribution in [2.75, 3.05) is 11.4 Å². The van der Waals surface area contributed by atoms with Gasteiger partial charge in [-0.15, -0.1) is 0 Å². The summed E-state index contributed by atoms with van der Waals surface area (Å²) in [5, 5.41) is 4.34. The molecule has 1 saturated carbocycles. The van der Waals surface area contributed by atoms with E-state index in [-0.39, 0.29) is 6.42 Å². The minimum atomic E-state index is -2.86. The van der Waals surface area contributed by atoms with E-state index in [0.29, 0.717) is 17.9 Å². The SMILES string of the molecule is CCN(C(=O)C1CC1(F)F)c1cn(-c2cccnc2)nc1C. The molecule has 116 valence electrons. The molecule has 0 N–H and O–H groups in total. The predicted molar refractivity (Wildman–Crippen MR) is 77.2 cm³/mol. The van der Waals surface area contributed by atoms with Crippen LogP contribution >= 0.6 is 0 Å². The lowest BCUT2D eigenvalue weighted by Gasteiger charge is -2.19. The zero-order valence-electron chi connectivity index (χ0n) is 12.3. The molecule has 1 unspecified atom stereocenters. The first-order valence-corrected chi connectivity index (χ1v) is 7.10. The third kappa shape index (κ3) is 2.47. The molecule has 0 bridgehead atoms. The molecule has 0 radical (unpaired) electrons. The maximum Gasteiger partial charge on any atom is 0.260 e. The number of aryl methyl sites for hydroxylation is 1. The molecule has 1 atom stereocenters. The second kappa shape index (κ2) is 5.15. The van der Waals surface area contributed by atoms with E-state index in [0.717, 1.165) is 5.69 Å². The van der Waals surface area contributed by atoms with Crippen molar-refractivity contribution in [1.29, 1.82) is 0 Å². The number of aromatic nitrogens is 3. The molecule has 22 heavy (non-hydrogen) atoms. The highest BCUT2D eigenvalue weighted by Gasteiger charge is 2.62. The van der Waals surface area contributed by atoms with Gasteiger partial charge in [-0.25, -0.2) is 13.5 Å². The Morgan fingerprint density at radius 1 is 1.55 bits per heavy atom. The van der Waals surface area contributed by atoms with E-state index >= 15 is 0 Å². The number of rotatable bonds is 4. The average Bonchev–Trinajstić information content (AvgIpc) is 2.97. The Morgan fingerprint density at radius 3 is 2.82 bits per heavy atom. The number of carbonyl (C=O) groups is 1. The molecule has 0 aliphatic heterocycles. The van der Waals surface area contributed by atoms with E-state index < -0.39 is 17.7 Å². The van der Waals surface area contributed by atoms with Gasteiger partial charge in [-0.05, 0) is 26.0 Å². The predicted octanol–water partition coefficient (Wildman–Crippen LogP) is 2.58. The van der Waals surface area contributed by atoms with Crippen LogP contribution in [0.4, 0.5) is 14.5 Å². The molecule has 2 aromatic rings. The number of hydrogen-bond acceptors (Lipinski definition) is 3. The summed E-state index contributed by atoms with van der Waals surface area (Å²) in [4.78, 5) is 17.6. The van der Waals surface area contributed by atoms with Gasteiger partial charge in [-0.3, -0.25) is 9.78 Å². The second-order valence-corrected chi connectivity index (χ2v) is 5.36. The molecular formula is C15H16F2N4O. The molecule has 1 aliphatic rings. The van der Waals surface area contributed by atoms with E-state index in [9.17, 15) is 13.6 Å². The summed E-state index contributed by atoms with van der Waals surface area (Å²) in [5.41, 5.74) is 1.92. The Hall–Kier alpha value is -2.31. The van der Waals surface area contributed by atoms with Crippen LogP contribution in [0.15, 0.2) is 30.7 Å². The number of pyridine rings is 1. The Morgan fingerprint density at radius 2 is 2.27 bits per heavy atom. The monoisotopic (exact) mass is 306 g/mol. The first kappa shape index (κ1) is 14.6. The fourth-order valence-corrected chi connectivity index (χ4v) is 2.45. The minimum Gasteiger partial charge on any atom is -0.309 e. The van der Waals surface area contributed by atoms with Crippen LogP contribution in [0.3, 0.4) is 0 Å². The van der Waals surface area contributed by atoms with Crippen LogP contribution in [0.25, 0.3) is 5.69 Å². The summed E-state index contributed by atoms with van der Waals surface area (Å²) < 4.78 is 27.9. The van der Waals surface area contributed by atoms with Crippen LogP contribution < -0.4 is 4.90 Å². The van der Waals surface area contributed by atoms with Crippen LogP contribution in [0.2, 0.25) is 0 Å². The molecular weight excluding hydrogens is 290 g/mol. The largest absolute Gasteiger partial charge is 0.309 e. The fraction of sp³-hybridized carbons (Fsp3) is 0.400. The molecule has 0 spiro atoms. The molecule has 3 rings (SSSR count). The summed E-state index contributed by atoms with van der Waals surface area (Å²) in [7, 11) is 0. The van der Waals surface area contributed by atoms with Crippen LogP contribution in [-0.4, -0.2) is 33.1 Å². The second-order valence-electron chi connectivity index (χ2n) is 5.36. The van der Waals surface area contributed by atoms with Gasteiger partial charge in [0, 0.05) is 19.2 Å². The van der Waals surface area contributed by atoms with Crippen LogP contribution in [0.1, 0.15) is 19.0 Å². The smallest absolute Gasteiger partial charge is 0.260 e. The van der Waals surface area contributed by atoms with E-state index in [4.69, 9.17) is 0 Å². The van der Waals surface area contributed by atoms with E-state index in [1.54, 1.807) is 43.2 Å². The zero-order chi connectivity index (χ0) is 15.9. The first-order chi connectivity index (χ1) is 10.4. The van der Waals surface area contributed by atoms with Crippen molar-refractivity contribution in [3.63, 3.8) is 0 Å². The van der Waals surface area contributed by atoms with Crippen molar-refractivity contribution < 1.29 is 13.6 Å². The molecule has 1 amide bonds. The minimum absolute atomic E-state index is 0.324. The van der Waals surface area contributed by atoms with Crippen molar-refractivity contribution in [3.05, 3.63) is 36.4 Å². The third-order valence-corrected chi connectivity index (χ3v) is 3.78. The van der Waals surface area contributed by atoms with Crippen molar-refractivity contribution >= 4 is 11.6 Å². The number of amides is 1. The Labute approximate surface area is 126 Å². The van der Waals surface area contributed by atoms with Crippen molar-refractivity contribution in [3.8, 4) is 5.69 Å². The molecule has 2 aromatic heterocycles. The zero-order valence-corrected chi connectivity index (χ0v) is 12.3. The van der Waals surface area contributed by atoms with Crippen molar-refractivity contribution in [2.24, 2.45) is 5.92 Å².